The van der Waals surface area contributed by atoms with E-state index in [4.69, 9.17) is 12.8 Å². The van der Waals surface area contributed by atoms with Crippen LogP contribution in [0.2, 0.25) is 0 Å². The van der Waals surface area contributed by atoms with Crippen LogP contribution in [-0.4, -0.2) is 43.7 Å². The van der Waals surface area contributed by atoms with Gasteiger partial charge in [0.15, 0.2) is 0 Å². The van der Waals surface area contributed by atoms with Crippen LogP contribution < -0.4 is 4.90 Å². The summed E-state index contributed by atoms with van der Waals surface area (Å²) < 4.78 is 0. The molecule has 1 unspecified atom stereocenters. The van der Waals surface area contributed by atoms with E-state index < -0.39 is 6.10 Å². The van der Waals surface area contributed by atoms with E-state index >= 15 is 0 Å². The highest BCUT2D eigenvalue weighted by Crippen LogP contribution is 2.25. The Morgan fingerprint density at radius 3 is 2.42 bits per heavy atom. The lowest BCUT2D eigenvalue weighted by atomic mass is 10.0. The van der Waals surface area contributed by atoms with Gasteiger partial charge in [-0.25, -0.2) is 0 Å². The lowest BCUT2D eigenvalue weighted by Crippen LogP contribution is -2.30. The number of hydrogen-bond donors (Lipinski definition) is 1. The van der Waals surface area contributed by atoms with Crippen LogP contribution in [-0.2, 0) is 0 Å². The second-order valence-corrected chi connectivity index (χ2v) is 6.08. The molecule has 0 aliphatic heterocycles. The predicted octanol–water partition coefficient (Wildman–Crippen LogP) is 2.90. The van der Waals surface area contributed by atoms with Crippen LogP contribution in [0.4, 0.5) is 5.69 Å². The van der Waals surface area contributed by atoms with Gasteiger partial charge in [0.05, 0.1) is 12.6 Å². The first-order valence-corrected chi connectivity index (χ1v) is 8.03. The maximum atomic E-state index is 10.0. The van der Waals surface area contributed by atoms with Gasteiger partial charge in [-0.1, -0.05) is 24.1 Å². The van der Waals surface area contributed by atoms with Crippen molar-refractivity contribution in [2.45, 2.75) is 12.5 Å². The zero-order valence-electron chi connectivity index (χ0n) is 14.4. The first-order valence-electron chi connectivity index (χ1n) is 8.03. The molecule has 2 aromatic rings. The summed E-state index contributed by atoms with van der Waals surface area (Å²) in [4.78, 5) is 4.34. The van der Waals surface area contributed by atoms with Gasteiger partial charge in [-0.3, -0.25) is 4.90 Å². The van der Waals surface area contributed by atoms with Gasteiger partial charge in [0.2, 0.25) is 0 Å². The van der Waals surface area contributed by atoms with Crippen molar-refractivity contribution < 1.29 is 5.11 Å². The number of terminal acetylenes is 2. The molecule has 0 aliphatic carbocycles. The molecule has 2 aromatic carbocycles. The van der Waals surface area contributed by atoms with Gasteiger partial charge in [-0.2, -0.15) is 0 Å². The highest BCUT2D eigenvalue weighted by molar-refractivity contribution is 5.86. The number of aliphatic hydroxyl groups is 1. The third-order valence-electron chi connectivity index (χ3n) is 4.16. The molecule has 124 valence electrons. The molecule has 1 N–H and O–H groups in total. The molecule has 2 rings (SSSR count). The van der Waals surface area contributed by atoms with Gasteiger partial charge in [-0.15, -0.1) is 18.8 Å². The summed E-state index contributed by atoms with van der Waals surface area (Å²) >= 11 is 0. The van der Waals surface area contributed by atoms with Crippen molar-refractivity contribution in [3.8, 4) is 24.7 Å². The molecule has 0 radical (unpaired) electrons. The first kappa shape index (κ1) is 17.9. The van der Waals surface area contributed by atoms with Gasteiger partial charge < -0.3 is 10.0 Å². The van der Waals surface area contributed by atoms with E-state index in [9.17, 15) is 5.11 Å². The van der Waals surface area contributed by atoms with Gasteiger partial charge >= 0.3 is 0 Å². The Kier molecular flexibility index (Phi) is 6.27. The highest BCUT2D eigenvalue weighted by Gasteiger charge is 2.08. The minimum absolute atomic E-state index is 0.331. The molecule has 0 spiro atoms. The van der Waals surface area contributed by atoms with E-state index in [1.54, 1.807) is 0 Å². The Labute approximate surface area is 144 Å². The number of hydrogen-bond acceptors (Lipinski definition) is 3. The zero-order valence-corrected chi connectivity index (χ0v) is 14.4. The van der Waals surface area contributed by atoms with Crippen LogP contribution in [0, 0.1) is 24.7 Å². The Bertz CT molecular complexity index is 769. The second-order valence-electron chi connectivity index (χ2n) is 6.08. The highest BCUT2D eigenvalue weighted by atomic mass is 16.3. The van der Waals surface area contributed by atoms with Crippen molar-refractivity contribution in [2.24, 2.45) is 0 Å². The van der Waals surface area contributed by atoms with Crippen LogP contribution >= 0.6 is 0 Å². The number of likely N-dealkylation sites (N-methyl/N-ethyl adjacent to an activating group) is 2. The lowest BCUT2D eigenvalue weighted by molar-refractivity contribution is 0.184. The quantitative estimate of drug-likeness (QED) is 0.795. The first-order chi connectivity index (χ1) is 11.5. The number of rotatable bonds is 7. The summed E-state index contributed by atoms with van der Waals surface area (Å²) in [6.07, 6.45) is 10.3. The summed E-state index contributed by atoms with van der Waals surface area (Å²) in [5.41, 5.74) is 2.02. The fourth-order valence-electron chi connectivity index (χ4n) is 2.61. The SMILES string of the molecule is C#CCC(O)c1ccc2cc(N(C)CCN(C)CC#C)ccc2c1. The lowest BCUT2D eigenvalue weighted by Gasteiger charge is -2.23. The van der Waals surface area contributed by atoms with Crippen molar-refractivity contribution in [1.82, 2.24) is 4.90 Å². The van der Waals surface area contributed by atoms with Crippen molar-refractivity contribution in [2.75, 3.05) is 38.6 Å². The maximum Gasteiger partial charge on any atom is 0.0899 e. The Morgan fingerprint density at radius 2 is 1.71 bits per heavy atom. The molecule has 0 aliphatic rings. The minimum atomic E-state index is -0.603. The molecule has 1 atom stereocenters. The fourth-order valence-corrected chi connectivity index (χ4v) is 2.61. The molecule has 0 amide bonds. The molecule has 0 saturated heterocycles. The molecule has 3 nitrogen and oxygen atoms in total. The standard InChI is InChI=1S/C21H24N2O/c1-5-7-21(24)19-9-8-18-16-20(11-10-17(18)15-19)23(4)14-13-22(3)12-6-2/h1-2,8-11,15-16,21,24H,7,12-14H2,3-4H3. The average molecular weight is 320 g/mol. The van der Waals surface area contributed by atoms with Gasteiger partial charge in [0.25, 0.3) is 0 Å². The maximum absolute atomic E-state index is 10.0. The van der Waals surface area contributed by atoms with E-state index in [1.807, 2.05) is 25.2 Å². The Hall–Kier alpha value is -2.46. The topological polar surface area (TPSA) is 26.7 Å². The van der Waals surface area contributed by atoms with E-state index in [1.165, 1.54) is 0 Å². The number of aliphatic hydroxyl groups excluding tert-OH is 1. The Balaban J connectivity index is 2.12. The molecule has 24 heavy (non-hydrogen) atoms. The summed E-state index contributed by atoms with van der Waals surface area (Å²) in [6.45, 7) is 2.48. The number of nitrogens with zero attached hydrogens (tertiary/aromatic N) is 2. The van der Waals surface area contributed by atoms with Crippen LogP contribution in [0.1, 0.15) is 18.1 Å². The van der Waals surface area contributed by atoms with E-state index in [0.29, 0.717) is 13.0 Å². The van der Waals surface area contributed by atoms with E-state index in [2.05, 4.69) is 46.9 Å². The minimum Gasteiger partial charge on any atom is -0.387 e. The normalized spacial score (nSPS) is 11.9. The third-order valence-corrected chi connectivity index (χ3v) is 4.16. The predicted molar refractivity (Wildman–Crippen MR) is 102 cm³/mol. The zero-order chi connectivity index (χ0) is 17.5. The number of benzene rings is 2. The molecule has 0 bridgehead atoms. The summed E-state index contributed by atoms with van der Waals surface area (Å²) in [7, 11) is 4.10. The molecular formula is C21H24N2O. The van der Waals surface area contributed by atoms with E-state index in [-0.39, 0.29) is 0 Å². The van der Waals surface area contributed by atoms with Gasteiger partial charge in [0.1, 0.15) is 0 Å². The molecule has 0 aromatic heterocycles. The van der Waals surface area contributed by atoms with Crippen LogP contribution in [0.5, 0.6) is 0 Å². The largest absolute Gasteiger partial charge is 0.387 e. The van der Waals surface area contributed by atoms with Crippen LogP contribution in [0.25, 0.3) is 10.8 Å². The number of fused-ring (bicyclic) bond motifs is 1. The van der Waals surface area contributed by atoms with E-state index in [0.717, 1.165) is 35.1 Å². The smallest absolute Gasteiger partial charge is 0.0899 e. The molecular weight excluding hydrogens is 296 g/mol. The second kappa shape index (κ2) is 8.41. The molecule has 0 heterocycles. The molecule has 0 fully saturated rings. The summed E-state index contributed by atoms with van der Waals surface area (Å²) in [5.74, 6) is 5.15. The van der Waals surface area contributed by atoms with Crippen molar-refractivity contribution in [3.63, 3.8) is 0 Å². The van der Waals surface area contributed by atoms with Crippen molar-refractivity contribution in [3.05, 3.63) is 42.0 Å². The third kappa shape index (κ3) is 4.52. The number of anilines is 1. The fraction of sp³-hybridized carbons (Fsp3) is 0.333. The average Bonchev–Trinajstić information content (AvgIpc) is 2.59. The van der Waals surface area contributed by atoms with Crippen LogP contribution in [0.3, 0.4) is 0 Å². The van der Waals surface area contributed by atoms with Crippen LogP contribution in [0.15, 0.2) is 36.4 Å². The van der Waals surface area contributed by atoms with Gasteiger partial charge in [0, 0.05) is 32.2 Å². The van der Waals surface area contributed by atoms with Crippen molar-refractivity contribution in [1.29, 1.82) is 0 Å². The summed E-state index contributed by atoms with van der Waals surface area (Å²) in [5, 5.41) is 12.3. The monoisotopic (exact) mass is 320 g/mol. The van der Waals surface area contributed by atoms with Gasteiger partial charge in [-0.05, 0) is 41.6 Å². The summed E-state index contributed by atoms with van der Waals surface area (Å²) in [6, 6.07) is 12.3. The Morgan fingerprint density at radius 1 is 1.00 bits per heavy atom. The molecule has 0 saturated carbocycles. The van der Waals surface area contributed by atoms with Crippen molar-refractivity contribution >= 4 is 16.5 Å². The molecule has 3 heteroatoms.